The Morgan fingerprint density at radius 2 is 2.09 bits per heavy atom. The number of carbonyl (C=O) groups excluding carboxylic acids is 1. The molecular formula is C14H17FN2O4S. The van der Waals surface area contributed by atoms with Crippen molar-refractivity contribution in [3.8, 4) is 0 Å². The largest absolute Gasteiger partial charge is 0.374 e. The second-order valence-electron chi connectivity index (χ2n) is 5.39. The Balaban J connectivity index is 1.85. The summed E-state index contributed by atoms with van der Waals surface area (Å²) in [6, 6.07) is 5.30. The van der Waals surface area contributed by atoms with E-state index in [2.05, 4.69) is 5.32 Å². The highest BCUT2D eigenvalue weighted by atomic mass is 32.2. The third-order valence-corrected chi connectivity index (χ3v) is 5.94. The van der Waals surface area contributed by atoms with Crippen LogP contribution in [0.25, 0.3) is 0 Å². The summed E-state index contributed by atoms with van der Waals surface area (Å²) in [4.78, 5) is 11.6. The number of hydrogen-bond acceptors (Lipinski definition) is 4. The fourth-order valence-electron chi connectivity index (χ4n) is 2.88. The lowest BCUT2D eigenvalue weighted by molar-refractivity contribution is -0.129. The van der Waals surface area contributed by atoms with Gasteiger partial charge in [0.2, 0.25) is 15.9 Å². The number of carbonyl (C=O) groups is 1. The minimum absolute atomic E-state index is 0.0642. The molecule has 1 aromatic rings. The molecule has 3 rings (SSSR count). The van der Waals surface area contributed by atoms with E-state index in [1.54, 1.807) is 0 Å². The maximum Gasteiger partial charge on any atom is 0.246 e. The number of benzene rings is 1. The van der Waals surface area contributed by atoms with Crippen LogP contribution in [-0.2, 0) is 19.6 Å². The van der Waals surface area contributed by atoms with Crippen LogP contribution in [0.4, 0.5) is 4.39 Å². The Morgan fingerprint density at radius 3 is 2.86 bits per heavy atom. The molecule has 0 spiro atoms. The predicted octanol–water partition coefficient (Wildman–Crippen LogP) is 0.351. The number of amides is 1. The van der Waals surface area contributed by atoms with Crippen molar-refractivity contribution >= 4 is 15.9 Å². The van der Waals surface area contributed by atoms with Gasteiger partial charge in [0, 0.05) is 19.6 Å². The first-order chi connectivity index (χ1) is 10.5. The summed E-state index contributed by atoms with van der Waals surface area (Å²) < 4.78 is 45.7. The van der Waals surface area contributed by atoms with E-state index in [9.17, 15) is 17.6 Å². The number of fused-ring (bicyclic) bond motifs is 1. The van der Waals surface area contributed by atoms with E-state index in [4.69, 9.17) is 4.74 Å². The number of piperidine rings is 1. The number of sulfonamides is 1. The number of ether oxygens (including phenoxy) is 1. The van der Waals surface area contributed by atoms with Gasteiger partial charge in [0.05, 0.1) is 18.6 Å². The lowest BCUT2D eigenvalue weighted by Gasteiger charge is -2.35. The van der Waals surface area contributed by atoms with E-state index in [0.717, 1.165) is 6.07 Å². The predicted molar refractivity (Wildman–Crippen MR) is 76.0 cm³/mol. The molecular weight excluding hydrogens is 311 g/mol. The molecule has 2 aliphatic heterocycles. The van der Waals surface area contributed by atoms with Gasteiger partial charge in [-0.1, -0.05) is 12.1 Å². The molecule has 1 amide bonds. The second-order valence-corrected chi connectivity index (χ2v) is 7.30. The van der Waals surface area contributed by atoms with Gasteiger partial charge in [-0.05, 0) is 18.6 Å². The standard InChI is InChI=1S/C14H17FN2O4S/c15-11-3-1-2-4-13(11)22(19,20)17-7-5-10-12(9-17)21-8-6-16-14(10)18/h1-4,10,12H,5-9H2,(H,16,18)/t10-,12+/m0/s1. The van der Waals surface area contributed by atoms with Gasteiger partial charge in [0.15, 0.2) is 0 Å². The summed E-state index contributed by atoms with van der Waals surface area (Å²) in [5.41, 5.74) is 0. The minimum Gasteiger partial charge on any atom is -0.374 e. The van der Waals surface area contributed by atoms with Crippen molar-refractivity contribution in [1.29, 1.82) is 0 Å². The zero-order chi connectivity index (χ0) is 15.7. The molecule has 2 heterocycles. The van der Waals surface area contributed by atoms with E-state index in [0.29, 0.717) is 19.6 Å². The molecule has 2 saturated heterocycles. The van der Waals surface area contributed by atoms with Crippen LogP contribution >= 0.6 is 0 Å². The molecule has 0 aromatic heterocycles. The normalized spacial score (nSPS) is 26.9. The van der Waals surface area contributed by atoms with Crippen LogP contribution in [-0.4, -0.2) is 51.0 Å². The number of halogens is 1. The zero-order valence-corrected chi connectivity index (χ0v) is 12.7. The highest BCUT2D eigenvalue weighted by Crippen LogP contribution is 2.27. The van der Waals surface area contributed by atoms with Crippen LogP contribution in [0, 0.1) is 11.7 Å². The monoisotopic (exact) mass is 328 g/mol. The van der Waals surface area contributed by atoms with E-state index < -0.39 is 21.9 Å². The number of nitrogens with one attached hydrogen (secondary N) is 1. The summed E-state index contributed by atoms with van der Waals surface area (Å²) in [6.45, 7) is 1.01. The Bertz CT molecular complexity index is 679. The summed E-state index contributed by atoms with van der Waals surface area (Å²) >= 11 is 0. The van der Waals surface area contributed by atoms with Crippen molar-refractivity contribution in [3.05, 3.63) is 30.1 Å². The van der Waals surface area contributed by atoms with Crippen molar-refractivity contribution in [2.75, 3.05) is 26.2 Å². The van der Waals surface area contributed by atoms with Crippen molar-refractivity contribution in [2.24, 2.45) is 5.92 Å². The molecule has 0 unspecified atom stereocenters. The molecule has 0 radical (unpaired) electrons. The highest BCUT2D eigenvalue weighted by molar-refractivity contribution is 7.89. The Morgan fingerprint density at radius 1 is 1.32 bits per heavy atom. The molecule has 6 nitrogen and oxygen atoms in total. The van der Waals surface area contributed by atoms with Gasteiger partial charge < -0.3 is 10.1 Å². The van der Waals surface area contributed by atoms with E-state index >= 15 is 0 Å². The molecule has 2 fully saturated rings. The van der Waals surface area contributed by atoms with Gasteiger partial charge in [-0.3, -0.25) is 4.79 Å². The lowest BCUT2D eigenvalue weighted by Crippen LogP contribution is -2.50. The molecule has 0 aliphatic carbocycles. The molecule has 1 N–H and O–H groups in total. The summed E-state index contributed by atoms with van der Waals surface area (Å²) in [6.07, 6.45) is -0.123. The van der Waals surface area contributed by atoms with Crippen LogP contribution in [0.1, 0.15) is 6.42 Å². The van der Waals surface area contributed by atoms with Crippen LogP contribution in [0.3, 0.4) is 0 Å². The molecule has 2 aliphatic rings. The number of nitrogens with zero attached hydrogens (tertiary/aromatic N) is 1. The molecule has 0 saturated carbocycles. The fraction of sp³-hybridized carbons (Fsp3) is 0.500. The van der Waals surface area contributed by atoms with Crippen molar-refractivity contribution in [1.82, 2.24) is 9.62 Å². The maximum atomic E-state index is 13.8. The first kappa shape index (κ1) is 15.4. The van der Waals surface area contributed by atoms with Crippen LogP contribution in [0.5, 0.6) is 0 Å². The smallest absolute Gasteiger partial charge is 0.246 e. The van der Waals surface area contributed by atoms with Gasteiger partial charge in [-0.2, -0.15) is 4.31 Å². The van der Waals surface area contributed by atoms with Gasteiger partial charge in [0.25, 0.3) is 0 Å². The van der Waals surface area contributed by atoms with Crippen LogP contribution in [0.2, 0.25) is 0 Å². The average molecular weight is 328 g/mol. The maximum absolute atomic E-state index is 13.8. The average Bonchev–Trinajstić information content (AvgIpc) is 2.69. The minimum atomic E-state index is -3.93. The Hall–Kier alpha value is -1.51. The van der Waals surface area contributed by atoms with Gasteiger partial charge >= 0.3 is 0 Å². The molecule has 2 atom stereocenters. The van der Waals surface area contributed by atoms with Gasteiger partial charge in [-0.25, -0.2) is 12.8 Å². The third kappa shape index (κ3) is 2.73. The third-order valence-electron chi connectivity index (χ3n) is 4.05. The quantitative estimate of drug-likeness (QED) is 0.850. The molecule has 8 heteroatoms. The Kier molecular flexibility index (Phi) is 4.16. The molecule has 22 heavy (non-hydrogen) atoms. The van der Waals surface area contributed by atoms with Crippen molar-refractivity contribution in [3.63, 3.8) is 0 Å². The lowest BCUT2D eigenvalue weighted by atomic mass is 9.94. The summed E-state index contributed by atoms with van der Waals surface area (Å²) in [5, 5.41) is 2.75. The van der Waals surface area contributed by atoms with Gasteiger partial charge in [0.1, 0.15) is 10.7 Å². The molecule has 0 bridgehead atoms. The first-order valence-electron chi connectivity index (χ1n) is 7.14. The molecule has 1 aromatic carbocycles. The zero-order valence-electron chi connectivity index (χ0n) is 11.9. The van der Waals surface area contributed by atoms with Crippen LogP contribution < -0.4 is 5.32 Å². The van der Waals surface area contributed by atoms with Gasteiger partial charge in [-0.15, -0.1) is 0 Å². The number of hydrogen-bond donors (Lipinski definition) is 1. The van der Waals surface area contributed by atoms with Crippen molar-refractivity contribution < 1.29 is 22.3 Å². The Labute approximate surface area is 128 Å². The van der Waals surface area contributed by atoms with E-state index in [-0.39, 0.29) is 29.8 Å². The van der Waals surface area contributed by atoms with E-state index in [1.807, 2.05) is 0 Å². The summed E-state index contributed by atoms with van der Waals surface area (Å²) in [5.74, 6) is -1.23. The van der Waals surface area contributed by atoms with Crippen LogP contribution in [0.15, 0.2) is 29.2 Å². The number of rotatable bonds is 2. The van der Waals surface area contributed by atoms with E-state index in [1.165, 1.54) is 22.5 Å². The highest BCUT2D eigenvalue weighted by Gasteiger charge is 2.40. The SMILES string of the molecule is O=C1NCCO[C@@H]2CN(S(=O)(=O)c3ccccc3F)CC[C@H]12. The van der Waals surface area contributed by atoms with Crippen molar-refractivity contribution in [2.45, 2.75) is 17.4 Å². The second kappa shape index (κ2) is 5.94. The molecule has 120 valence electrons. The topological polar surface area (TPSA) is 75.7 Å². The fourth-order valence-corrected chi connectivity index (χ4v) is 4.42. The summed E-state index contributed by atoms with van der Waals surface area (Å²) in [7, 11) is -3.93. The first-order valence-corrected chi connectivity index (χ1v) is 8.58.